The minimum Gasteiger partial charge on any atom is -0.378 e. The summed E-state index contributed by atoms with van der Waals surface area (Å²) in [6.07, 6.45) is 0. The van der Waals surface area contributed by atoms with Gasteiger partial charge in [0.1, 0.15) is 0 Å². The van der Waals surface area contributed by atoms with Crippen molar-refractivity contribution in [2.75, 3.05) is 37.4 Å². The Labute approximate surface area is 108 Å². The highest BCUT2D eigenvalue weighted by Crippen LogP contribution is 2.20. The molecule has 0 unspecified atom stereocenters. The molecule has 18 heavy (non-hydrogen) atoms. The Kier molecular flexibility index (Phi) is 3.87. The smallest absolute Gasteiger partial charge is 0.229 e. The minimum atomic E-state index is 0.0820. The molecule has 2 atom stereocenters. The summed E-state index contributed by atoms with van der Waals surface area (Å²) in [6, 6.07) is 7.90. The van der Waals surface area contributed by atoms with Crippen LogP contribution in [0.5, 0.6) is 0 Å². The predicted molar refractivity (Wildman–Crippen MR) is 74.9 cm³/mol. The van der Waals surface area contributed by atoms with Gasteiger partial charge in [-0.15, -0.1) is 0 Å². The largest absolute Gasteiger partial charge is 0.378 e. The van der Waals surface area contributed by atoms with Gasteiger partial charge in [-0.05, 0) is 36.7 Å². The molecule has 0 saturated carbocycles. The van der Waals surface area contributed by atoms with Gasteiger partial charge in [-0.2, -0.15) is 0 Å². The van der Waals surface area contributed by atoms with Gasteiger partial charge in [0.25, 0.3) is 0 Å². The lowest BCUT2D eigenvalue weighted by molar-refractivity contribution is -0.120. The number of carbonyl (C=O) groups excluding carboxylic acids is 1. The van der Waals surface area contributed by atoms with E-state index in [2.05, 4.69) is 17.6 Å². The Morgan fingerprint density at radius 3 is 2.44 bits per heavy atom. The number of carbonyl (C=O) groups is 1. The summed E-state index contributed by atoms with van der Waals surface area (Å²) in [6.45, 7) is 3.82. The van der Waals surface area contributed by atoms with Crippen LogP contribution in [0.25, 0.3) is 0 Å². The Balaban J connectivity index is 1.98. The van der Waals surface area contributed by atoms with Gasteiger partial charge in [0.2, 0.25) is 5.91 Å². The second-order valence-corrected chi connectivity index (χ2v) is 5.17. The van der Waals surface area contributed by atoms with Crippen LogP contribution in [0.4, 0.5) is 11.4 Å². The molecule has 4 heteroatoms. The van der Waals surface area contributed by atoms with Crippen LogP contribution in [0, 0.1) is 11.8 Å². The summed E-state index contributed by atoms with van der Waals surface area (Å²) in [5, 5.41) is 6.23. The lowest BCUT2D eigenvalue weighted by atomic mass is 9.97. The maximum atomic E-state index is 12.1. The van der Waals surface area contributed by atoms with Gasteiger partial charge < -0.3 is 15.5 Å². The van der Waals surface area contributed by atoms with Crippen LogP contribution in [0.2, 0.25) is 0 Å². The van der Waals surface area contributed by atoms with E-state index in [1.165, 1.54) is 0 Å². The van der Waals surface area contributed by atoms with Crippen molar-refractivity contribution in [3.05, 3.63) is 24.3 Å². The molecular weight excluding hydrogens is 226 g/mol. The Morgan fingerprint density at radius 2 is 1.94 bits per heavy atom. The standard InChI is InChI=1S/C14H21N3O/c1-10-8-15-9-13(10)14(18)16-11-4-6-12(7-5-11)17(2)3/h4-7,10,13,15H,8-9H2,1-3H3,(H,16,18)/t10-,13-/m1/s1. The third-order valence-electron chi connectivity index (χ3n) is 3.51. The normalized spacial score (nSPS) is 22.8. The van der Waals surface area contributed by atoms with Gasteiger partial charge in [0.05, 0.1) is 5.92 Å². The third kappa shape index (κ3) is 2.82. The van der Waals surface area contributed by atoms with E-state index in [4.69, 9.17) is 0 Å². The fourth-order valence-electron chi connectivity index (χ4n) is 2.24. The number of rotatable bonds is 3. The van der Waals surface area contributed by atoms with E-state index in [1.54, 1.807) is 0 Å². The molecule has 2 rings (SSSR count). The highest BCUT2D eigenvalue weighted by atomic mass is 16.1. The van der Waals surface area contributed by atoms with Crippen LogP contribution in [0.15, 0.2) is 24.3 Å². The minimum absolute atomic E-state index is 0.0820. The number of anilines is 2. The molecule has 1 amide bonds. The first kappa shape index (κ1) is 12.9. The van der Waals surface area contributed by atoms with Crippen molar-refractivity contribution in [3.63, 3.8) is 0 Å². The first-order valence-corrected chi connectivity index (χ1v) is 6.37. The van der Waals surface area contributed by atoms with Crippen LogP contribution in [-0.2, 0) is 4.79 Å². The van der Waals surface area contributed by atoms with Gasteiger partial charge in [-0.3, -0.25) is 4.79 Å². The van der Waals surface area contributed by atoms with Crippen molar-refractivity contribution < 1.29 is 4.79 Å². The highest BCUT2D eigenvalue weighted by molar-refractivity contribution is 5.93. The highest BCUT2D eigenvalue weighted by Gasteiger charge is 2.29. The molecule has 1 fully saturated rings. The van der Waals surface area contributed by atoms with Crippen molar-refractivity contribution in [2.45, 2.75) is 6.92 Å². The van der Waals surface area contributed by atoms with E-state index in [0.29, 0.717) is 5.92 Å². The van der Waals surface area contributed by atoms with Crippen LogP contribution in [-0.4, -0.2) is 33.1 Å². The van der Waals surface area contributed by atoms with E-state index in [-0.39, 0.29) is 11.8 Å². The summed E-state index contributed by atoms with van der Waals surface area (Å²) >= 11 is 0. The van der Waals surface area contributed by atoms with Gasteiger partial charge in [-0.1, -0.05) is 6.92 Å². The van der Waals surface area contributed by atoms with Crippen LogP contribution in [0.3, 0.4) is 0 Å². The van der Waals surface area contributed by atoms with Crippen molar-refractivity contribution >= 4 is 17.3 Å². The van der Waals surface area contributed by atoms with Crippen LogP contribution >= 0.6 is 0 Å². The van der Waals surface area contributed by atoms with E-state index < -0.39 is 0 Å². The van der Waals surface area contributed by atoms with Gasteiger partial charge in [0, 0.05) is 32.0 Å². The first-order valence-electron chi connectivity index (χ1n) is 6.37. The number of hydrogen-bond donors (Lipinski definition) is 2. The van der Waals surface area contributed by atoms with Gasteiger partial charge in [0.15, 0.2) is 0 Å². The Bertz CT molecular complexity index is 414. The zero-order valence-corrected chi connectivity index (χ0v) is 11.2. The molecule has 2 N–H and O–H groups in total. The molecule has 0 radical (unpaired) electrons. The molecule has 1 aromatic carbocycles. The SMILES string of the molecule is C[C@@H]1CNC[C@H]1C(=O)Nc1ccc(N(C)C)cc1. The Hall–Kier alpha value is -1.55. The summed E-state index contributed by atoms with van der Waals surface area (Å²) in [5.74, 6) is 0.606. The van der Waals surface area contributed by atoms with Crippen molar-refractivity contribution in [1.82, 2.24) is 5.32 Å². The molecule has 4 nitrogen and oxygen atoms in total. The fraction of sp³-hybridized carbons (Fsp3) is 0.500. The third-order valence-corrected chi connectivity index (χ3v) is 3.51. The average Bonchev–Trinajstić information content (AvgIpc) is 2.76. The summed E-state index contributed by atoms with van der Waals surface area (Å²) in [7, 11) is 4.00. The maximum Gasteiger partial charge on any atom is 0.229 e. The molecule has 0 spiro atoms. The topological polar surface area (TPSA) is 44.4 Å². The zero-order chi connectivity index (χ0) is 13.1. The lowest BCUT2D eigenvalue weighted by Crippen LogP contribution is -2.27. The summed E-state index contributed by atoms with van der Waals surface area (Å²) < 4.78 is 0. The molecule has 1 aromatic rings. The second-order valence-electron chi connectivity index (χ2n) is 5.17. The molecule has 0 bridgehead atoms. The number of nitrogens with one attached hydrogen (secondary N) is 2. The fourth-order valence-corrected chi connectivity index (χ4v) is 2.24. The molecule has 1 aliphatic heterocycles. The molecule has 1 heterocycles. The summed E-state index contributed by atoms with van der Waals surface area (Å²) in [5.41, 5.74) is 1.99. The number of hydrogen-bond acceptors (Lipinski definition) is 3. The van der Waals surface area contributed by atoms with Crippen molar-refractivity contribution in [1.29, 1.82) is 0 Å². The number of benzene rings is 1. The lowest BCUT2D eigenvalue weighted by Gasteiger charge is -2.16. The molecule has 1 saturated heterocycles. The Morgan fingerprint density at radius 1 is 1.28 bits per heavy atom. The van der Waals surface area contributed by atoms with E-state index in [0.717, 1.165) is 24.5 Å². The molecule has 1 aliphatic rings. The predicted octanol–water partition coefficient (Wildman–Crippen LogP) is 1.55. The van der Waals surface area contributed by atoms with Gasteiger partial charge in [-0.25, -0.2) is 0 Å². The monoisotopic (exact) mass is 247 g/mol. The van der Waals surface area contributed by atoms with Crippen LogP contribution in [0.1, 0.15) is 6.92 Å². The molecular formula is C14H21N3O. The van der Waals surface area contributed by atoms with Crippen molar-refractivity contribution in [3.8, 4) is 0 Å². The average molecular weight is 247 g/mol. The van der Waals surface area contributed by atoms with Crippen molar-refractivity contribution in [2.24, 2.45) is 11.8 Å². The van der Waals surface area contributed by atoms with E-state index in [1.807, 2.05) is 43.3 Å². The molecule has 0 aromatic heterocycles. The molecule has 0 aliphatic carbocycles. The first-order chi connectivity index (χ1) is 8.58. The molecule has 98 valence electrons. The number of nitrogens with zero attached hydrogens (tertiary/aromatic N) is 1. The maximum absolute atomic E-state index is 12.1. The second kappa shape index (κ2) is 5.40. The zero-order valence-electron chi connectivity index (χ0n) is 11.2. The summed E-state index contributed by atoms with van der Waals surface area (Å²) in [4.78, 5) is 14.1. The van der Waals surface area contributed by atoms with E-state index >= 15 is 0 Å². The number of amides is 1. The van der Waals surface area contributed by atoms with E-state index in [9.17, 15) is 4.79 Å². The van der Waals surface area contributed by atoms with Crippen LogP contribution < -0.4 is 15.5 Å². The van der Waals surface area contributed by atoms with Gasteiger partial charge >= 0.3 is 0 Å². The quantitative estimate of drug-likeness (QED) is 0.851.